The minimum Gasteiger partial charge on any atom is -0.454 e. The summed E-state index contributed by atoms with van der Waals surface area (Å²) < 4.78 is 12.0. The van der Waals surface area contributed by atoms with Crippen molar-refractivity contribution in [3.63, 3.8) is 0 Å². The van der Waals surface area contributed by atoms with E-state index in [-0.39, 0.29) is 0 Å². The molecule has 0 bridgehead atoms. The van der Waals surface area contributed by atoms with Crippen LogP contribution < -0.4 is 9.47 Å². The Morgan fingerprint density at radius 3 is 2.82 bits per heavy atom. The second kappa shape index (κ2) is 4.76. The quantitative estimate of drug-likeness (QED) is 0.522. The summed E-state index contributed by atoms with van der Waals surface area (Å²) in [5.41, 5.74) is 2.52. The second-order valence-electron chi connectivity index (χ2n) is 4.21. The normalized spacial score (nSPS) is 13.5. The van der Waals surface area contributed by atoms with Crippen LogP contribution in [0.2, 0.25) is 0 Å². The fraction of sp³-hybridized carbons (Fsp3) is 0.385. The van der Waals surface area contributed by atoms with Crippen molar-refractivity contribution in [1.29, 1.82) is 0 Å². The lowest BCUT2D eigenvalue weighted by Gasteiger charge is -2.00. The summed E-state index contributed by atoms with van der Waals surface area (Å²) >= 11 is 2.43. The Bertz CT molecular complexity index is 535. The van der Waals surface area contributed by atoms with Gasteiger partial charge in [0.1, 0.15) is 0 Å². The summed E-state index contributed by atoms with van der Waals surface area (Å²) in [5.74, 6) is 1.71. The van der Waals surface area contributed by atoms with Crippen molar-refractivity contribution in [2.24, 2.45) is 0 Å². The van der Waals surface area contributed by atoms with Crippen LogP contribution in [-0.4, -0.2) is 16.2 Å². The second-order valence-corrected chi connectivity index (χ2v) is 5.29. The molecule has 1 N–H and O–H groups in total. The number of benzene rings is 1. The highest BCUT2D eigenvalue weighted by molar-refractivity contribution is 14.1. The van der Waals surface area contributed by atoms with Gasteiger partial charge in [-0.1, -0.05) is 22.6 Å². The number of H-pyrrole nitrogens is 1. The summed E-state index contributed by atoms with van der Waals surface area (Å²) in [4.78, 5) is 3.31. The largest absolute Gasteiger partial charge is 0.454 e. The highest BCUT2D eigenvalue weighted by Gasteiger charge is 2.16. The van der Waals surface area contributed by atoms with Gasteiger partial charge in [0.05, 0.1) is 0 Å². The van der Waals surface area contributed by atoms with E-state index in [2.05, 4.69) is 39.8 Å². The maximum Gasteiger partial charge on any atom is 0.231 e. The van der Waals surface area contributed by atoms with Gasteiger partial charge < -0.3 is 14.5 Å². The number of ether oxygens (including phenoxy) is 2. The van der Waals surface area contributed by atoms with E-state index in [0.717, 1.165) is 23.4 Å². The maximum atomic E-state index is 5.42. The molecule has 3 rings (SSSR count). The molecule has 0 saturated carbocycles. The SMILES string of the molecule is ICCCCc1c[nH]c2cc3c(cc12)OCO3. The van der Waals surface area contributed by atoms with Crippen molar-refractivity contribution < 1.29 is 9.47 Å². The molecule has 2 aromatic rings. The third-order valence-electron chi connectivity index (χ3n) is 3.09. The van der Waals surface area contributed by atoms with Crippen LogP contribution in [0, 0.1) is 0 Å². The van der Waals surface area contributed by atoms with Gasteiger partial charge >= 0.3 is 0 Å². The number of hydrogen-bond acceptors (Lipinski definition) is 2. The number of aromatic amines is 1. The first-order valence-corrected chi connectivity index (χ1v) is 7.36. The number of alkyl halides is 1. The number of aryl methyl sites for hydroxylation is 1. The van der Waals surface area contributed by atoms with Crippen molar-refractivity contribution in [1.82, 2.24) is 4.98 Å². The number of aromatic nitrogens is 1. The molecule has 1 aliphatic rings. The summed E-state index contributed by atoms with van der Waals surface area (Å²) in [5, 5.41) is 1.27. The lowest BCUT2D eigenvalue weighted by molar-refractivity contribution is 0.174. The van der Waals surface area contributed by atoms with E-state index in [1.54, 1.807) is 0 Å². The highest BCUT2D eigenvalue weighted by atomic mass is 127. The van der Waals surface area contributed by atoms with Gasteiger partial charge in [0.15, 0.2) is 11.5 Å². The molecule has 1 aromatic carbocycles. The third kappa shape index (κ3) is 2.10. The minimum absolute atomic E-state index is 0.339. The van der Waals surface area contributed by atoms with E-state index in [9.17, 15) is 0 Å². The summed E-state index contributed by atoms with van der Waals surface area (Å²) in [6.45, 7) is 0.339. The first-order chi connectivity index (χ1) is 8.38. The predicted molar refractivity (Wildman–Crippen MR) is 76.2 cm³/mol. The monoisotopic (exact) mass is 343 g/mol. The van der Waals surface area contributed by atoms with Crippen LogP contribution in [0.3, 0.4) is 0 Å². The maximum absolute atomic E-state index is 5.42. The van der Waals surface area contributed by atoms with Gasteiger partial charge in [-0.25, -0.2) is 0 Å². The van der Waals surface area contributed by atoms with Crippen molar-refractivity contribution in [2.75, 3.05) is 11.2 Å². The first kappa shape index (κ1) is 11.2. The molecule has 0 unspecified atom stereocenters. The van der Waals surface area contributed by atoms with E-state index in [0.29, 0.717) is 6.79 Å². The van der Waals surface area contributed by atoms with Crippen LogP contribution in [0.15, 0.2) is 18.3 Å². The van der Waals surface area contributed by atoms with Gasteiger partial charge in [-0.3, -0.25) is 0 Å². The smallest absolute Gasteiger partial charge is 0.231 e. The highest BCUT2D eigenvalue weighted by Crippen LogP contribution is 2.37. The van der Waals surface area contributed by atoms with E-state index >= 15 is 0 Å². The van der Waals surface area contributed by atoms with Gasteiger partial charge in [-0.05, 0) is 35.3 Å². The van der Waals surface area contributed by atoms with E-state index in [1.807, 2.05) is 6.07 Å². The summed E-state index contributed by atoms with van der Waals surface area (Å²) in [7, 11) is 0. The fourth-order valence-electron chi connectivity index (χ4n) is 2.19. The van der Waals surface area contributed by atoms with Crippen molar-refractivity contribution in [3.8, 4) is 11.5 Å². The number of halogens is 1. The Labute approximate surface area is 114 Å². The molecular weight excluding hydrogens is 329 g/mol. The molecule has 3 nitrogen and oxygen atoms in total. The molecule has 0 amide bonds. The Morgan fingerprint density at radius 2 is 2.00 bits per heavy atom. The lowest BCUT2D eigenvalue weighted by Crippen LogP contribution is -1.92. The molecule has 0 spiro atoms. The number of unbranched alkanes of at least 4 members (excludes halogenated alkanes) is 1. The Hall–Kier alpha value is -0.910. The number of rotatable bonds is 4. The first-order valence-electron chi connectivity index (χ1n) is 5.84. The molecule has 90 valence electrons. The standard InChI is InChI=1S/C13H14INO2/c14-4-2-1-3-9-7-15-11-6-13-12(5-10(9)11)16-8-17-13/h5-7,15H,1-4,8H2. The van der Waals surface area contributed by atoms with Gasteiger partial charge in [-0.2, -0.15) is 0 Å². The average molecular weight is 343 g/mol. The average Bonchev–Trinajstić information content (AvgIpc) is 2.93. The number of hydrogen-bond donors (Lipinski definition) is 1. The fourth-order valence-corrected chi connectivity index (χ4v) is 2.73. The van der Waals surface area contributed by atoms with Crippen LogP contribution in [0.5, 0.6) is 11.5 Å². The van der Waals surface area contributed by atoms with Crippen LogP contribution in [-0.2, 0) is 6.42 Å². The van der Waals surface area contributed by atoms with Gasteiger partial charge in [-0.15, -0.1) is 0 Å². The number of nitrogens with one attached hydrogen (secondary N) is 1. The third-order valence-corrected chi connectivity index (χ3v) is 3.85. The van der Waals surface area contributed by atoms with Crippen molar-refractivity contribution in [2.45, 2.75) is 19.3 Å². The van der Waals surface area contributed by atoms with Gasteiger partial charge in [0.2, 0.25) is 6.79 Å². The predicted octanol–water partition coefficient (Wildman–Crippen LogP) is 3.65. The lowest BCUT2D eigenvalue weighted by atomic mass is 10.1. The van der Waals surface area contributed by atoms with Crippen LogP contribution in [0.25, 0.3) is 10.9 Å². The van der Waals surface area contributed by atoms with Crippen molar-refractivity contribution in [3.05, 3.63) is 23.9 Å². The zero-order valence-electron chi connectivity index (χ0n) is 9.46. The van der Waals surface area contributed by atoms with Crippen LogP contribution in [0.4, 0.5) is 0 Å². The molecule has 2 heterocycles. The zero-order chi connectivity index (χ0) is 11.7. The van der Waals surface area contributed by atoms with Gasteiger partial charge in [0.25, 0.3) is 0 Å². The molecule has 0 aliphatic carbocycles. The van der Waals surface area contributed by atoms with Gasteiger partial charge in [0, 0.05) is 23.2 Å². The minimum atomic E-state index is 0.339. The van der Waals surface area contributed by atoms with E-state index in [4.69, 9.17) is 9.47 Å². The number of fused-ring (bicyclic) bond motifs is 2. The molecule has 0 fully saturated rings. The Kier molecular flexibility index (Phi) is 3.13. The zero-order valence-corrected chi connectivity index (χ0v) is 11.6. The Balaban J connectivity index is 1.92. The van der Waals surface area contributed by atoms with Crippen molar-refractivity contribution >= 4 is 33.5 Å². The molecular formula is C13H14INO2. The molecule has 1 aliphatic heterocycles. The molecule has 1 aromatic heterocycles. The summed E-state index contributed by atoms with van der Waals surface area (Å²) in [6, 6.07) is 4.12. The Morgan fingerprint density at radius 1 is 1.18 bits per heavy atom. The van der Waals surface area contributed by atoms with Crippen LogP contribution in [0.1, 0.15) is 18.4 Å². The molecule has 0 atom stereocenters. The summed E-state index contributed by atoms with van der Waals surface area (Å²) in [6.07, 6.45) is 5.75. The molecule has 17 heavy (non-hydrogen) atoms. The van der Waals surface area contributed by atoms with E-state index < -0.39 is 0 Å². The van der Waals surface area contributed by atoms with E-state index in [1.165, 1.54) is 28.2 Å². The topological polar surface area (TPSA) is 34.2 Å². The molecule has 4 heteroatoms. The van der Waals surface area contributed by atoms with Crippen LogP contribution >= 0.6 is 22.6 Å². The molecule has 0 radical (unpaired) electrons. The molecule has 0 saturated heterocycles.